The van der Waals surface area contributed by atoms with Crippen LogP contribution in [0.5, 0.6) is 0 Å². The topological polar surface area (TPSA) is 55.1 Å². The van der Waals surface area contributed by atoms with E-state index in [4.69, 9.17) is 18.0 Å². The molecule has 0 saturated carbocycles. The highest BCUT2D eigenvalue weighted by Crippen LogP contribution is 2.27. The van der Waals surface area contributed by atoms with Gasteiger partial charge < -0.3 is 11.1 Å². The van der Waals surface area contributed by atoms with E-state index in [1.165, 1.54) is 0 Å². The van der Waals surface area contributed by atoms with Gasteiger partial charge in [-0.25, -0.2) is 0 Å². The second-order valence-corrected chi connectivity index (χ2v) is 5.39. The predicted octanol–water partition coefficient (Wildman–Crippen LogP) is 2.46. The minimum absolute atomic E-state index is 0.0663. The molecule has 1 aromatic rings. The van der Waals surface area contributed by atoms with Gasteiger partial charge in [0, 0.05) is 4.88 Å². The van der Waals surface area contributed by atoms with Crippen molar-refractivity contribution in [2.75, 3.05) is 0 Å². The fraction of sp³-hybridized carbons (Fsp3) is 0.500. The van der Waals surface area contributed by atoms with E-state index in [0.717, 1.165) is 4.88 Å². The first-order valence-electron chi connectivity index (χ1n) is 5.67. The van der Waals surface area contributed by atoms with E-state index in [-0.39, 0.29) is 10.9 Å². The van der Waals surface area contributed by atoms with Crippen LogP contribution in [0.3, 0.4) is 0 Å². The third-order valence-electron chi connectivity index (χ3n) is 3.12. The van der Waals surface area contributed by atoms with Crippen LogP contribution >= 0.6 is 23.6 Å². The molecule has 0 unspecified atom stereocenters. The van der Waals surface area contributed by atoms with Crippen LogP contribution in [-0.4, -0.2) is 10.9 Å². The summed E-state index contributed by atoms with van der Waals surface area (Å²) >= 11 is 6.66. The molecule has 5 heteroatoms. The first kappa shape index (κ1) is 14.1. The monoisotopic (exact) mass is 270 g/mol. The van der Waals surface area contributed by atoms with E-state index in [1.807, 2.05) is 31.4 Å². The Labute approximate surface area is 111 Å². The van der Waals surface area contributed by atoms with E-state index in [9.17, 15) is 4.79 Å². The molecule has 3 nitrogen and oxygen atoms in total. The van der Waals surface area contributed by atoms with Gasteiger partial charge in [-0.3, -0.25) is 4.79 Å². The second kappa shape index (κ2) is 6.12. The van der Waals surface area contributed by atoms with Crippen LogP contribution in [0.15, 0.2) is 17.5 Å². The predicted molar refractivity (Wildman–Crippen MR) is 76.0 cm³/mol. The van der Waals surface area contributed by atoms with Crippen LogP contribution in [-0.2, 0) is 11.3 Å². The number of nitrogens with two attached hydrogens (primary N) is 1. The summed E-state index contributed by atoms with van der Waals surface area (Å²) in [5.74, 6) is -0.0663. The fourth-order valence-electron chi connectivity index (χ4n) is 1.78. The molecule has 0 spiro atoms. The van der Waals surface area contributed by atoms with Crippen molar-refractivity contribution in [1.29, 1.82) is 0 Å². The van der Waals surface area contributed by atoms with Gasteiger partial charge in [-0.15, -0.1) is 11.3 Å². The van der Waals surface area contributed by atoms with Gasteiger partial charge >= 0.3 is 0 Å². The van der Waals surface area contributed by atoms with Crippen LogP contribution < -0.4 is 11.1 Å². The first-order chi connectivity index (χ1) is 8.06. The smallest absolute Gasteiger partial charge is 0.233 e. The molecule has 0 saturated heterocycles. The second-order valence-electron chi connectivity index (χ2n) is 3.92. The molecule has 1 amide bonds. The van der Waals surface area contributed by atoms with Crippen molar-refractivity contribution in [3.8, 4) is 0 Å². The maximum atomic E-state index is 12.2. The highest BCUT2D eigenvalue weighted by Gasteiger charge is 2.37. The SMILES string of the molecule is CCC(CC)(C(=O)NCc1cccs1)C(N)=S. The molecule has 1 rings (SSSR count). The quantitative estimate of drug-likeness (QED) is 0.781. The van der Waals surface area contributed by atoms with Gasteiger partial charge in [0.05, 0.1) is 16.9 Å². The maximum Gasteiger partial charge on any atom is 0.233 e. The number of amides is 1. The minimum atomic E-state index is -0.702. The molecule has 1 heterocycles. The van der Waals surface area contributed by atoms with Crippen molar-refractivity contribution >= 4 is 34.5 Å². The Morgan fingerprint density at radius 1 is 1.53 bits per heavy atom. The van der Waals surface area contributed by atoms with Crippen LogP contribution in [0, 0.1) is 5.41 Å². The van der Waals surface area contributed by atoms with Crippen LogP contribution in [0.2, 0.25) is 0 Å². The van der Waals surface area contributed by atoms with Crippen LogP contribution in [0.4, 0.5) is 0 Å². The summed E-state index contributed by atoms with van der Waals surface area (Å²) in [6.07, 6.45) is 1.27. The number of rotatable bonds is 6. The van der Waals surface area contributed by atoms with Gasteiger partial charge in [-0.1, -0.05) is 32.1 Å². The Balaban J connectivity index is 2.69. The van der Waals surface area contributed by atoms with Crippen molar-refractivity contribution in [3.05, 3.63) is 22.4 Å². The van der Waals surface area contributed by atoms with E-state index < -0.39 is 5.41 Å². The zero-order valence-electron chi connectivity index (χ0n) is 10.2. The Morgan fingerprint density at radius 3 is 2.59 bits per heavy atom. The number of thiocarbonyl (C=S) groups is 1. The van der Waals surface area contributed by atoms with Crippen molar-refractivity contribution in [2.24, 2.45) is 11.1 Å². The van der Waals surface area contributed by atoms with E-state index in [2.05, 4.69) is 5.32 Å². The lowest BCUT2D eigenvalue weighted by Crippen LogP contribution is -2.48. The number of carbonyl (C=O) groups is 1. The average Bonchev–Trinajstić information content (AvgIpc) is 2.81. The lowest BCUT2D eigenvalue weighted by atomic mass is 9.81. The molecule has 1 aromatic heterocycles. The summed E-state index contributed by atoms with van der Waals surface area (Å²) in [5.41, 5.74) is 5.01. The highest BCUT2D eigenvalue weighted by atomic mass is 32.1. The van der Waals surface area contributed by atoms with Gasteiger partial charge in [0.25, 0.3) is 0 Å². The Bertz CT molecular complexity index is 383. The molecule has 0 aliphatic heterocycles. The lowest BCUT2D eigenvalue weighted by molar-refractivity contribution is -0.128. The van der Waals surface area contributed by atoms with Gasteiger partial charge in [-0.05, 0) is 24.3 Å². The Morgan fingerprint density at radius 2 is 2.18 bits per heavy atom. The van der Waals surface area contributed by atoms with Crippen molar-refractivity contribution < 1.29 is 4.79 Å². The third-order valence-corrected chi connectivity index (χ3v) is 4.38. The Kier molecular flexibility index (Phi) is 5.08. The van der Waals surface area contributed by atoms with Crippen molar-refractivity contribution in [2.45, 2.75) is 33.2 Å². The molecular formula is C12H18N2OS2. The molecular weight excluding hydrogens is 252 g/mol. The number of carbonyl (C=O) groups excluding carboxylic acids is 1. The zero-order valence-corrected chi connectivity index (χ0v) is 11.8. The van der Waals surface area contributed by atoms with Gasteiger partial charge in [-0.2, -0.15) is 0 Å². The number of hydrogen-bond acceptors (Lipinski definition) is 3. The maximum absolute atomic E-state index is 12.2. The molecule has 3 N–H and O–H groups in total. The molecule has 0 atom stereocenters. The molecule has 0 bridgehead atoms. The summed E-state index contributed by atoms with van der Waals surface area (Å²) in [5, 5.41) is 4.90. The molecule has 0 fully saturated rings. The molecule has 0 radical (unpaired) electrons. The van der Waals surface area contributed by atoms with Crippen molar-refractivity contribution in [3.63, 3.8) is 0 Å². The van der Waals surface area contributed by atoms with Crippen LogP contribution in [0.1, 0.15) is 31.6 Å². The molecule has 94 valence electrons. The standard InChI is InChI=1S/C12H18N2OS2/c1-3-12(4-2,10(13)16)11(15)14-8-9-6-5-7-17-9/h5-7H,3-4,8H2,1-2H3,(H2,13,16)(H,14,15). The number of nitrogens with one attached hydrogen (secondary N) is 1. The van der Waals surface area contributed by atoms with Gasteiger partial charge in [0.1, 0.15) is 0 Å². The van der Waals surface area contributed by atoms with Crippen LogP contribution in [0.25, 0.3) is 0 Å². The summed E-state index contributed by atoms with van der Waals surface area (Å²) in [6, 6.07) is 3.96. The van der Waals surface area contributed by atoms with E-state index in [1.54, 1.807) is 11.3 Å². The Hall–Kier alpha value is -0.940. The lowest BCUT2D eigenvalue weighted by Gasteiger charge is -2.28. The summed E-state index contributed by atoms with van der Waals surface area (Å²) in [6.45, 7) is 4.42. The third kappa shape index (κ3) is 3.04. The van der Waals surface area contributed by atoms with Gasteiger partial charge in [0.2, 0.25) is 5.91 Å². The molecule has 0 aliphatic rings. The first-order valence-corrected chi connectivity index (χ1v) is 6.96. The van der Waals surface area contributed by atoms with Gasteiger partial charge in [0.15, 0.2) is 0 Å². The van der Waals surface area contributed by atoms with E-state index in [0.29, 0.717) is 19.4 Å². The fourth-order valence-corrected chi connectivity index (χ4v) is 2.81. The summed E-state index contributed by atoms with van der Waals surface area (Å²) < 4.78 is 0. The number of hydrogen-bond donors (Lipinski definition) is 2. The summed E-state index contributed by atoms with van der Waals surface area (Å²) in [7, 11) is 0. The largest absolute Gasteiger partial charge is 0.392 e. The molecule has 17 heavy (non-hydrogen) atoms. The average molecular weight is 270 g/mol. The zero-order chi connectivity index (χ0) is 12.9. The summed E-state index contributed by atoms with van der Waals surface area (Å²) in [4.78, 5) is 13.6. The van der Waals surface area contributed by atoms with Crippen molar-refractivity contribution in [1.82, 2.24) is 5.32 Å². The van der Waals surface area contributed by atoms with E-state index >= 15 is 0 Å². The molecule has 0 aliphatic carbocycles. The highest BCUT2D eigenvalue weighted by molar-refractivity contribution is 7.80. The molecule has 0 aromatic carbocycles. The normalized spacial score (nSPS) is 11.2. The minimum Gasteiger partial charge on any atom is -0.392 e. The number of thiophene rings is 1.